The second-order valence-corrected chi connectivity index (χ2v) is 5.59. The molecule has 4 nitrogen and oxygen atoms in total. The van der Waals surface area contributed by atoms with Gasteiger partial charge in [0.2, 0.25) is 0 Å². The van der Waals surface area contributed by atoms with Crippen LogP contribution in [0.1, 0.15) is 0 Å². The fourth-order valence-corrected chi connectivity index (χ4v) is 2.95. The van der Waals surface area contributed by atoms with Crippen LogP contribution in [0.25, 0.3) is 21.8 Å². The molecule has 0 aliphatic heterocycles. The third-order valence-electron chi connectivity index (χ3n) is 2.96. The monoisotopic (exact) mass is 352 g/mol. The van der Waals surface area contributed by atoms with Crippen molar-refractivity contribution in [1.82, 2.24) is 4.98 Å². The van der Waals surface area contributed by atoms with Gasteiger partial charge in [0.15, 0.2) is 0 Å². The standard InChI is InChI=1S/C15H9ClN2O2S.ClH/c16-12-7-6-11(8-14(12)18(19)20)13-9-21-15(17-13)10-4-2-1-3-5-10;/h1-9H;1H. The van der Waals surface area contributed by atoms with Gasteiger partial charge in [-0.3, -0.25) is 10.1 Å². The van der Waals surface area contributed by atoms with Crippen molar-refractivity contribution in [1.29, 1.82) is 0 Å². The van der Waals surface area contributed by atoms with Gasteiger partial charge in [0.1, 0.15) is 10.0 Å². The summed E-state index contributed by atoms with van der Waals surface area (Å²) in [7, 11) is 0. The molecular weight excluding hydrogens is 343 g/mol. The maximum absolute atomic E-state index is 10.9. The number of thiazole rings is 1. The number of nitrogens with zero attached hydrogens (tertiary/aromatic N) is 2. The number of rotatable bonds is 3. The molecule has 0 amide bonds. The molecule has 0 spiro atoms. The van der Waals surface area contributed by atoms with E-state index in [-0.39, 0.29) is 23.1 Å². The molecule has 1 heterocycles. The summed E-state index contributed by atoms with van der Waals surface area (Å²) in [6, 6.07) is 14.5. The van der Waals surface area contributed by atoms with Crippen LogP contribution in [0.15, 0.2) is 53.9 Å². The first-order valence-corrected chi connectivity index (χ1v) is 7.36. The van der Waals surface area contributed by atoms with E-state index in [0.29, 0.717) is 11.3 Å². The van der Waals surface area contributed by atoms with E-state index in [0.717, 1.165) is 10.6 Å². The molecule has 0 aliphatic rings. The van der Waals surface area contributed by atoms with E-state index >= 15 is 0 Å². The van der Waals surface area contributed by atoms with E-state index in [4.69, 9.17) is 11.6 Å². The normalized spacial score (nSPS) is 10.0. The van der Waals surface area contributed by atoms with E-state index in [1.807, 2.05) is 35.7 Å². The number of hydrogen-bond donors (Lipinski definition) is 0. The Labute approximate surface area is 142 Å². The van der Waals surface area contributed by atoms with Gasteiger partial charge in [-0.15, -0.1) is 23.7 Å². The van der Waals surface area contributed by atoms with Gasteiger partial charge in [-0.25, -0.2) is 4.98 Å². The minimum absolute atomic E-state index is 0. The van der Waals surface area contributed by atoms with E-state index in [2.05, 4.69) is 4.98 Å². The number of aromatic nitrogens is 1. The summed E-state index contributed by atoms with van der Waals surface area (Å²) in [4.78, 5) is 15.0. The van der Waals surface area contributed by atoms with Crippen molar-refractivity contribution in [2.45, 2.75) is 0 Å². The second-order valence-electron chi connectivity index (χ2n) is 4.33. The summed E-state index contributed by atoms with van der Waals surface area (Å²) in [5.74, 6) is 0. The average molecular weight is 353 g/mol. The molecule has 7 heteroatoms. The molecule has 0 saturated heterocycles. The highest BCUT2D eigenvalue weighted by Crippen LogP contribution is 2.33. The van der Waals surface area contributed by atoms with Crippen LogP contribution in [0, 0.1) is 10.1 Å². The van der Waals surface area contributed by atoms with Crippen LogP contribution in [-0.2, 0) is 0 Å². The van der Waals surface area contributed by atoms with Crippen molar-refractivity contribution < 1.29 is 4.92 Å². The number of halogens is 2. The highest BCUT2D eigenvalue weighted by molar-refractivity contribution is 7.13. The molecule has 2 aromatic carbocycles. The lowest BCUT2D eigenvalue weighted by Gasteiger charge is -1.99. The molecule has 0 fully saturated rings. The van der Waals surface area contributed by atoms with Crippen LogP contribution in [0.4, 0.5) is 5.69 Å². The second kappa shape index (κ2) is 6.87. The van der Waals surface area contributed by atoms with Crippen molar-refractivity contribution in [3.63, 3.8) is 0 Å². The van der Waals surface area contributed by atoms with E-state index in [1.54, 1.807) is 6.07 Å². The van der Waals surface area contributed by atoms with Gasteiger partial charge in [0.05, 0.1) is 10.6 Å². The van der Waals surface area contributed by atoms with Gasteiger partial charge in [0.25, 0.3) is 5.69 Å². The summed E-state index contributed by atoms with van der Waals surface area (Å²) in [5.41, 5.74) is 2.31. The van der Waals surface area contributed by atoms with Crippen LogP contribution in [0.2, 0.25) is 5.02 Å². The Morgan fingerprint density at radius 2 is 1.82 bits per heavy atom. The van der Waals surface area contributed by atoms with Gasteiger partial charge in [0, 0.05) is 22.6 Å². The molecule has 3 rings (SSSR count). The average Bonchev–Trinajstić information content (AvgIpc) is 2.98. The van der Waals surface area contributed by atoms with Gasteiger partial charge in [-0.1, -0.05) is 48.0 Å². The summed E-state index contributed by atoms with van der Waals surface area (Å²) in [5, 5.41) is 13.8. The topological polar surface area (TPSA) is 56.0 Å². The molecule has 22 heavy (non-hydrogen) atoms. The lowest BCUT2D eigenvalue weighted by atomic mass is 10.1. The Morgan fingerprint density at radius 3 is 2.50 bits per heavy atom. The Bertz CT molecular complexity index is 806. The number of benzene rings is 2. The van der Waals surface area contributed by atoms with Crippen molar-refractivity contribution in [3.05, 3.63) is 69.0 Å². The first kappa shape index (κ1) is 16.4. The van der Waals surface area contributed by atoms with E-state index in [1.165, 1.54) is 23.5 Å². The van der Waals surface area contributed by atoms with Crippen molar-refractivity contribution >= 4 is 41.0 Å². The van der Waals surface area contributed by atoms with Crippen LogP contribution in [0.3, 0.4) is 0 Å². The molecule has 3 aromatic rings. The first-order chi connectivity index (χ1) is 10.1. The van der Waals surface area contributed by atoms with E-state index in [9.17, 15) is 10.1 Å². The zero-order chi connectivity index (χ0) is 14.8. The molecule has 0 radical (unpaired) electrons. The van der Waals surface area contributed by atoms with Crippen LogP contribution >= 0.6 is 35.3 Å². The quantitative estimate of drug-likeness (QED) is 0.464. The molecular formula is C15H10Cl2N2O2S. The first-order valence-electron chi connectivity index (χ1n) is 6.10. The SMILES string of the molecule is Cl.O=[N+]([O-])c1cc(-c2csc(-c3ccccc3)n2)ccc1Cl. The summed E-state index contributed by atoms with van der Waals surface area (Å²) in [6.07, 6.45) is 0. The number of nitro groups is 1. The largest absolute Gasteiger partial charge is 0.288 e. The van der Waals surface area contributed by atoms with Crippen molar-refractivity contribution in [2.75, 3.05) is 0 Å². The highest BCUT2D eigenvalue weighted by atomic mass is 35.5. The molecule has 0 N–H and O–H groups in total. The smallest absolute Gasteiger partial charge is 0.258 e. The Morgan fingerprint density at radius 1 is 1.09 bits per heavy atom. The minimum Gasteiger partial charge on any atom is -0.258 e. The molecule has 0 saturated carbocycles. The minimum atomic E-state index is -0.490. The lowest BCUT2D eigenvalue weighted by Crippen LogP contribution is -1.90. The fraction of sp³-hybridized carbons (Fsp3) is 0. The van der Waals surface area contributed by atoms with Gasteiger partial charge in [-0.05, 0) is 6.07 Å². The Balaban J connectivity index is 0.00000176. The van der Waals surface area contributed by atoms with Crippen molar-refractivity contribution in [2.24, 2.45) is 0 Å². The molecule has 0 aliphatic carbocycles. The fourth-order valence-electron chi connectivity index (χ4n) is 1.93. The summed E-state index contributed by atoms with van der Waals surface area (Å²) in [6.45, 7) is 0. The number of hydrogen-bond acceptors (Lipinski definition) is 4. The third-order valence-corrected chi connectivity index (χ3v) is 4.17. The maximum Gasteiger partial charge on any atom is 0.288 e. The van der Waals surface area contributed by atoms with Crippen LogP contribution < -0.4 is 0 Å². The summed E-state index contributed by atoms with van der Waals surface area (Å²) >= 11 is 7.32. The third kappa shape index (κ3) is 3.27. The zero-order valence-electron chi connectivity index (χ0n) is 11.1. The van der Waals surface area contributed by atoms with E-state index < -0.39 is 4.92 Å². The maximum atomic E-state index is 10.9. The molecule has 0 atom stereocenters. The lowest BCUT2D eigenvalue weighted by molar-refractivity contribution is -0.384. The van der Waals surface area contributed by atoms with Crippen LogP contribution in [0.5, 0.6) is 0 Å². The van der Waals surface area contributed by atoms with Gasteiger partial charge >= 0.3 is 0 Å². The molecule has 0 unspecified atom stereocenters. The predicted octanol–water partition coefficient (Wildman–Crippen LogP) is 5.46. The van der Waals surface area contributed by atoms with Crippen molar-refractivity contribution in [3.8, 4) is 21.8 Å². The van der Waals surface area contributed by atoms with Gasteiger partial charge in [-0.2, -0.15) is 0 Å². The predicted molar refractivity (Wildman–Crippen MR) is 91.9 cm³/mol. The Hall–Kier alpha value is -1.95. The molecule has 112 valence electrons. The van der Waals surface area contributed by atoms with Crippen LogP contribution in [-0.4, -0.2) is 9.91 Å². The highest BCUT2D eigenvalue weighted by Gasteiger charge is 2.15. The molecule has 0 bridgehead atoms. The number of nitro benzene ring substituents is 1. The molecule has 1 aromatic heterocycles. The Kier molecular flexibility index (Phi) is 5.13. The summed E-state index contributed by atoms with van der Waals surface area (Å²) < 4.78 is 0. The zero-order valence-corrected chi connectivity index (χ0v) is 13.5. The van der Waals surface area contributed by atoms with Gasteiger partial charge < -0.3 is 0 Å².